The van der Waals surface area contributed by atoms with Gasteiger partial charge < -0.3 is 18.1 Å². The van der Waals surface area contributed by atoms with Crippen molar-refractivity contribution in [1.82, 2.24) is 18.1 Å². The van der Waals surface area contributed by atoms with Crippen molar-refractivity contribution in [1.29, 1.82) is 0 Å². The molecule has 20 rings (SSSR count). The molecule has 8 heterocycles. The molecule has 0 unspecified atom stereocenters. The van der Waals surface area contributed by atoms with Crippen molar-refractivity contribution < 1.29 is 0 Å². The Kier molecular flexibility index (Phi) is 5.89. The first-order valence-electron chi connectivity index (χ1n) is 25.4. The number of nitrogens with zero attached hydrogens (tertiary/aromatic N) is 4. The van der Waals surface area contributed by atoms with E-state index < -0.39 is 0 Å². The Labute approximate surface area is 411 Å². The van der Waals surface area contributed by atoms with Crippen LogP contribution in [-0.2, 0) is 0 Å². The van der Waals surface area contributed by atoms with Crippen molar-refractivity contribution in [2.45, 2.75) is 0 Å². The number of aromatic nitrogens is 4. The molecule has 324 valence electrons. The maximum absolute atomic E-state index is 2.81. The highest BCUT2D eigenvalue weighted by molar-refractivity contribution is 6.92. The number of para-hydroxylation sites is 2. The first-order valence-corrected chi connectivity index (χ1v) is 25.4. The second-order valence-corrected chi connectivity index (χ2v) is 21.1. The maximum Gasteiger partial charge on any atom is 0.333 e. The summed E-state index contributed by atoms with van der Waals surface area (Å²) in [5, 5.41) is 18.0. The predicted octanol–water partition coefficient (Wildman–Crippen LogP) is 13.5. The molecule has 0 N–H and O–H groups in total. The van der Waals surface area contributed by atoms with Crippen LogP contribution >= 0.6 is 0 Å². The normalized spacial score (nSPS) is 13.8. The molecule has 4 aliphatic rings. The quantitative estimate of drug-likeness (QED) is 0.135. The van der Waals surface area contributed by atoms with E-state index in [9.17, 15) is 0 Å². The zero-order valence-corrected chi connectivity index (χ0v) is 38.6. The van der Waals surface area contributed by atoms with Crippen molar-refractivity contribution >= 4 is 155 Å². The summed E-state index contributed by atoms with van der Waals surface area (Å²) in [6.45, 7) is -0.137. The molecule has 0 spiro atoms. The van der Waals surface area contributed by atoms with E-state index in [1.165, 1.54) is 175 Å². The van der Waals surface area contributed by atoms with Gasteiger partial charge in [0.15, 0.2) is 0 Å². The summed E-state index contributed by atoms with van der Waals surface area (Å²) in [5.74, 6) is 0. The average molecular weight is 905 g/mol. The standard InChI is InChI=1S/C66H34B2N4/c1-5-15-39-31-55-51(27-35(39)11-1)47-25-23-43-45-19-9-21-49-61(45)71(67-53-29-37-13-3-7-17-41(37)33-57(53)69(55)63(47)59(43)67)65-50-22-10-20-46-44-24-26-48-52-28-36-12-2-6-16-40(36)32-56(52)70-58-34-42-18-8-4-14-38(42)30-54(58)68(60(44)64(48)70)72(62(46)50)66(49)65/h1-34H. The van der Waals surface area contributed by atoms with E-state index in [4.69, 9.17) is 0 Å². The van der Waals surface area contributed by atoms with Gasteiger partial charge >= 0.3 is 13.7 Å². The maximum atomic E-state index is 2.81. The van der Waals surface area contributed by atoms with E-state index in [2.05, 4.69) is 224 Å². The molecule has 0 atom stereocenters. The highest BCUT2D eigenvalue weighted by Gasteiger charge is 2.46. The Hall–Kier alpha value is -9.25. The third-order valence-electron chi connectivity index (χ3n) is 17.9. The van der Waals surface area contributed by atoms with Gasteiger partial charge in [-0.3, -0.25) is 0 Å². The Morgan fingerprint density at radius 2 is 0.625 bits per heavy atom. The van der Waals surface area contributed by atoms with Gasteiger partial charge in [-0.25, -0.2) is 0 Å². The summed E-state index contributed by atoms with van der Waals surface area (Å²) in [7, 11) is 0. The van der Waals surface area contributed by atoms with Gasteiger partial charge in [0.1, 0.15) is 0 Å². The third-order valence-corrected chi connectivity index (χ3v) is 17.9. The van der Waals surface area contributed by atoms with Crippen molar-refractivity contribution in [3.05, 3.63) is 206 Å². The zero-order chi connectivity index (χ0) is 46.0. The summed E-state index contributed by atoms with van der Waals surface area (Å²) in [6.07, 6.45) is 0. The van der Waals surface area contributed by atoms with Gasteiger partial charge in [0.25, 0.3) is 0 Å². The lowest BCUT2D eigenvalue weighted by Crippen LogP contribution is -2.55. The fourth-order valence-corrected chi connectivity index (χ4v) is 15.2. The molecule has 0 saturated heterocycles. The minimum atomic E-state index is -0.0683. The fourth-order valence-electron chi connectivity index (χ4n) is 15.2. The van der Waals surface area contributed by atoms with Crippen molar-refractivity contribution in [2.24, 2.45) is 0 Å². The Morgan fingerprint density at radius 1 is 0.250 bits per heavy atom. The van der Waals surface area contributed by atoms with Crippen LogP contribution in [0.3, 0.4) is 0 Å². The predicted molar refractivity (Wildman–Crippen MR) is 305 cm³/mol. The molecule has 6 heteroatoms. The van der Waals surface area contributed by atoms with Crippen LogP contribution in [0.5, 0.6) is 0 Å². The Balaban J connectivity index is 0.980. The first kappa shape index (κ1) is 35.8. The van der Waals surface area contributed by atoms with Gasteiger partial charge in [-0.2, -0.15) is 0 Å². The van der Waals surface area contributed by atoms with Crippen molar-refractivity contribution in [3.8, 4) is 33.6 Å². The molecule has 0 amide bonds. The van der Waals surface area contributed by atoms with Gasteiger partial charge in [0.05, 0.1) is 33.1 Å². The Bertz CT molecular complexity index is 5040. The molecule has 16 aromatic rings. The van der Waals surface area contributed by atoms with E-state index in [1.807, 2.05) is 0 Å². The lowest BCUT2D eigenvalue weighted by atomic mass is 9.45. The molecular formula is C66H34B2N4. The van der Waals surface area contributed by atoms with Gasteiger partial charge in [0.2, 0.25) is 0 Å². The molecule has 4 aromatic heterocycles. The number of rotatable bonds is 0. The van der Waals surface area contributed by atoms with Crippen LogP contribution in [-0.4, -0.2) is 31.8 Å². The molecule has 0 bridgehead atoms. The van der Waals surface area contributed by atoms with Crippen LogP contribution in [0.2, 0.25) is 0 Å². The van der Waals surface area contributed by atoms with Crippen molar-refractivity contribution in [2.75, 3.05) is 0 Å². The van der Waals surface area contributed by atoms with Gasteiger partial charge in [-0.1, -0.05) is 170 Å². The second kappa shape index (κ2) is 11.8. The highest BCUT2D eigenvalue weighted by Crippen LogP contribution is 2.50. The number of hydrogen-bond acceptors (Lipinski definition) is 0. The summed E-state index contributed by atoms with van der Waals surface area (Å²) >= 11 is 0. The number of benzene rings is 12. The summed E-state index contributed by atoms with van der Waals surface area (Å²) in [5.41, 5.74) is 23.8. The first-order chi connectivity index (χ1) is 35.7. The number of hydrogen-bond donors (Lipinski definition) is 0. The van der Waals surface area contributed by atoms with Crippen LogP contribution in [0, 0.1) is 0 Å². The molecule has 12 aromatic carbocycles. The molecule has 0 aliphatic carbocycles. The summed E-state index contributed by atoms with van der Waals surface area (Å²) in [6, 6.07) is 79.5. The van der Waals surface area contributed by atoms with Crippen molar-refractivity contribution in [3.63, 3.8) is 0 Å². The molecule has 0 fully saturated rings. The summed E-state index contributed by atoms with van der Waals surface area (Å²) in [4.78, 5) is 0. The van der Waals surface area contributed by atoms with E-state index in [0.29, 0.717) is 0 Å². The zero-order valence-electron chi connectivity index (χ0n) is 38.6. The SMILES string of the molecule is c1ccc2cc3c(cc2c1)B1c2c(ccc4c5cc6ccccc6cc5n-3c24)-c2cccc3c2n1c1c2cccc4c2n(c31)B1c2cc3ccccc3cc2-n2c3cc5ccccc5cc3c3ccc-4c1c32. The lowest BCUT2D eigenvalue weighted by Gasteiger charge is -2.34. The average Bonchev–Trinajstić information content (AvgIpc) is 4.16. The molecule has 4 nitrogen and oxygen atoms in total. The topological polar surface area (TPSA) is 19.7 Å². The largest absolute Gasteiger partial charge is 0.374 e. The van der Waals surface area contributed by atoms with Gasteiger partial charge in [-0.05, 0) is 112 Å². The third kappa shape index (κ3) is 3.87. The second-order valence-electron chi connectivity index (χ2n) is 21.1. The molecule has 72 heavy (non-hydrogen) atoms. The minimum Gasteiger partial charge on any atom is -0.374 e. The molecule has 0 saturated carbocycles. The summed E-state index contributed by atoms with van der Waals surface area (Å²) < 4.78 is 10.9. The van der Waals surface area contributed by atoms with E-state index >= 15 is 0 Å². The van der Waals surface area contributed by atoms with Crippen LogP contribution < -0.4 is 21.9 Å². The minimum absolute atomic E-state index is 0.0683. The van der Waals surface area contributed by atoms with Gasteiger partial charge in [0, 0.05) is 65.9 Å². The van der Waals surface area contributed by atoms with Gasteiger partial charge in [-0.15, -0.1) is 0 Å². The lowest BCUT2D eigenvalue weighted by molar-refractivity contribution is 1.18. The number of fused-ring (bicyclic) bond motifs is 25. The molecule has 0 radical (unpaired) electrons. The fraction of sp³-hybridized carbons (Fsp3) is 0. The van der Waals surface area contributed by atoms with E-state index in [0.717, 1.165) is 0 Å². The van der Waals surface area contributed by atoms with E-state index in [1.54, 1.807) is 0 Å². The van der Waals surface area contributed by atoms with Crippen LogP contribution in [0.15, 0.2) is 206 Å². The highest BCUT2D eigenvalue weighted by atomic mass is 15.1. The molecular weight excluding hydrogens is 870 g/mol. The molecule has 4 aliphatic heterocycles. The van der Waals surface area contributed by atoms with Crippen LogP contribution in [0.1, 0.15) is 0 Å². The van der Waals surface area contributed by atoms with E-state index in [-0.39, 0.29) is 13.7 Å². The monoisotopic (exact) mass is 904 g/mol. The Morgan fingerprint density at radius 3 is 1.04 bits per heavy atom. The van der Waals surface area contributed by atoms with Crippen LogP contribution in [0.4, 0.5) is 0 Å². The smallest absolute Gasteiger partial charge is 0.333 e. The van der Waals surface area contributed by atoms with Crippen LogP contribution in [0.25, 0.3) is 153 Å².